The number of nitrogens with zero attached hydrogens (tertiary/aromatic N) is 3. The van der Waals surface area contributed by atoms with Gasteiger partial charge in [-0.15, -0.1) is 0 Å². The third-order valence-corrected chi connectivity index (χ3v) is 5.15. The van der Waals surface area contributed by atoms with Crippen LogP contribution in [0.2, 0.25) is 0 Å². The molecule has 0 N–H and O–H groups in total. The molecule has 2 aromatic carbocycles. The summed E-state index contributed by atoms with van der Waals surface area (Å²) in [6.07, 6.45) is 3.33. The zero-order valence-electron chi connectivity index (χ0n) is 16.3. The maximum absolute atomic E-state index is 12.4. The highest BCUT2D eigenvalue weighted by Gasteiger charge is 2.35. The van der Waals surface area contributed by atoms with Crippen LogP contribution in [0, 0.1) is 0 Å². The highest BCUT2D eigenvalue weighted by Crippen LogP contribution is 2.33. The van der Waals surface area contributed by atoms with Crippen molar-refractivity contribution in [2.24, 2.45) is 0 Å². The quantitative estimate of drug-likeness (QED) is 0.603. The molecule has 0 bridgehead atoms. The van der Waals surface area contributed by atoms with Crippen LogP contribution < -0.4 is 14.2 Å². The molecule has 3 aromatic rings. The van der Waals surface area contributed by atoms with E-state index in [0.29, 0.717) is 36.3 Å². The molecule has 8 nitrogen and oxygen atoms in total. The number of rotatable bonds is 5. The Kier molecular flexibility index (Phi) is 4.59. The number of para-hydroxylation sites is 1. The fourth-order valence-electron chi connectivity index (χ4n) is 3.44. The Morgan fingerprint density at radius 2 is 2.00 bits per heavy atom. The molecular weight excluding hydrogens is 386 g/mol. The second-order valence-electron chi connectivity index (χ2n) is 7.04. The van der Waals surface area contributed by atoms with Gasteiger partial charge in [-0.3, -0.25) is 4.79 Å². The Bertz CT molecular complexity index is 1120. The standard InChI is InChI=1S/C22H19N3O5/c1-27-17-5-3-2-4-16(17)21-23-22(30-24-21)15-11-25(12-15)20(26)9-7-14-6-8-18-19(10-14)29-13-28-18/h2-10,15H,11-13H2,1H3/b9-7+. The minimum atomic E-state index is -0.0617. The van der Waals surface area contributed by atoms with Gasteiger partial charge in [-0.25, -0.2) is 0 Å². The van der Waals surface area contributed by atoms with Crippen LogP contribution in [-0.2, 0) is 4.79 Å². The molecule has 0 unspecified atom stereocenters. The van der Waals surface area contributed by atoms with Gasteiger partial charge in [0, 0.05) is 19.2 Å². The fraction of sp³-hybridized carbons (Fsp3) is 0.227. The van der Waals surface area contributed by atoms with E-state index in [0.717, 1.165) is 16.9 Å². The number of aromatic nitrogens is 2. The van der Waals surface area contributed by atoms with Gasteiger partial charge in [-0.05, 0) is 35.9 Å². The number of hydrogen-bond acceptors (Lipinski definition) is 7. The van der Waals surface area contributed by atoms with Crippen molar-refractivity contribution in [3.8, 4) is 28.6 Å². The first-order chi connectivity index (χ1) is 14.7. The first-order valence-corrected chi connectivity index (χ1v) is 9.55. The molecular formula is C22H19N3O5. The molecule has 0 radical (unpaired) electrons. The van der Waals surface area contributed by atoms with Gasteiger partial charge >= 0.3 is 0 Å². The summed E-state index contributed by atoms with van der Waals surface area (Å²) in [4.78, 5) is 18.6. The van der Waals surface area contributed by atoms with Gasteiger partial charge in [0.05, 0.1) is 18.6 Å². The zero-order chi connectivity index (χ0) is 20.5. The monoisotopic (exact) mass is 405 g/mol. The van der Waals surface area contributed by atoms with Crippen molar-refractivity contribution in [3.05, 3.63) is 60.0 Å². The topological polar surface area (TPSA) is 86.9 Å². The number of carbonyl (C=O) groups excluding carboxylic acids is 1. The Labute approximate surface area is 172 Å². The Morgan fingerprint density at radius 3 is 2.87 bits per heavy atom. The Hall–Kier alpha value is -3.81. The van der Waals surface area contributed by atoms with Crippen molar-refractivity contribution >= 4 is 12.0 Å². The lowest BCUT2D eigenvalue weighted by Crippen LogP contribution is -2.47. The van der Waals surface area contributed by atoms with Crippen LogP contribution in [0.5, 0.6) is 17.2 Å². The predicted octanol–water partition coefficient (Wildman–Crippen LogP) is 3.11. The molecule has 5 rings (SSSR count). The molecule has 152 valence electrons. The van der Waals surface area contributed by atoms with E-state index in [1.807, 2.05) is 42.5 Å². The first-order valence-electron chi connectivity index (χ1n) is 9.55. The summed E-state index contributed by atoms with van der Waals surface area (Å²) >= 11 is 0. The van der Waals surface area contributed by atoms with Crippen molar-refractivity contribution in [3.63, 3.8) is 0 Å². The van der Waals surface area contributed by atoms with Crippen molar-refractivity contribution in [2.45, 2.75) is 5.92 Å². The molecule has 1 aromatic heterocycles. The first kappa shape index (κ1) is 18.2. The van der Waals surface area contributed by atoms with Crippen molar-refractivity contribution in [1.29, 1.82) is 0 Å². The summed E-state index contributed by atoms with van der Waals surface area (Å²) in [7, 11) is 1.60. The Morgan fingerprint density at radius 1 is 1.17 bits per heavy atom. The van der Waals surface area contributed by atoms with E-state index in [1.165, 1.54) is 0 Å². The smallest absolute Gasteiger partial charge is 0.246 e. The number of benzene rings is 2. The molecule has 1 fully saturated rings. The van der Waals surface area contributed by atoms with Gasteiger partial charge in [0.25, 0.3) is 0 Å². The molecule has 2 aliphatic heterocycles. The van der Waals surface area contributed by atoms with Gasteiger partial charge in [0.15, 0.2) is 11.5 Å². The molecule has 8 heteroatoms. The number of amides is 1. The minimum absolute atomic E-state index is 0.0313. The minimum Gasteiger partial charge on any atom is -0.496 e. The third-order valence-electron chi connectivity index (χ3n) is 5.15. The number of hydrogen-bond donors (Lipinski definition) is 0. The summed E-state index contributed by atoms with van der Waals surface area (Å²) in [5.74, 6) is 3.07. The van der Waals surface area contributed by atoms with E-state index in [2.05, 4.69) is 10.1 Å². The van der Waals surface area contributed by atoms with Gasteiger partial charge < -0.3 is 23.6 Å². The lowest BCUT2D eigenvalue weighted by atomic mass is 10.00. The summed E-state index contributed by atoms with van der Waals surface area (Å²) in [6.45, 7) is 1.31. The van der Waals surface area contributed by atoms with Gasteiger partial charge in [-0.1, -0.05) is 23.4 Å². The van der Waals surface area contributed by atoms with Gasteiger partial charge in [0.1, 0.15) is 5.75 Å². The number of carbonyl (C=O) groups is 1. The summed E-state index contributed by atoms with van der Waals surface area (Å²) in [5.41, 5.74) is 1.65. The predicted molar refractivity (Wildman–Crippen MR) is 107 cm³/mol. The largest absolute Gasteiger partial charge is 0.496 e. The van der Waals surface area contributed by atoms with Gasteiger partial charge in [-0.2, -0.15) is 4.98 Å². The highest BCUT2D eigenvalue weighted by molar-refractivity contribution is 5.92. The SMILES string of the molecule is COc1ccccc1-c1noc(C2CN(C(=O)/C=C/c3ccc4c(c3)OCO4)C2)n1. The van der Waals surface area contributed by atoms with Crippen LogP contribution in [-0.4, -0.2) is 47.9 Å². The van der Waals surface area contributed by atoms with Crippen LogP contribution in [0.4, 0.5) is 0 Å². The molecule has 0 aliphatic carbocycles. The average molecular weight is 405 g/mol. The van der Waals surface area contributed by atoms with E-state index in [4.69, 9.17) is 18.7 Å². The van der Waals surface area contributed by atoms with E-state index >= 15 is 0 Å². The molecule has 3 heterocycles. The van der Waals surface area contributed by atoms with Crippen LogP contribution in [0.25, 0.3) is 17.5 Å². The average Bonchev–Trinajstić information content (AvgIpc) is 3.40. The van der Waals surface area contributed by atoms with Crippen molar-refractivity contribution < 1.29 is 23.5 Å². The molecule has 30 heavy (non-hydrogen) atoms. The molecule has 1 amide bonds. The van der Waals surface area contributed by atoms with E-state index in [9.17, 15) is 4.79 Å². The molecule has 1 saturated heterocycles. The third kappa shape index (κ3) is 3.36. The normalized spacial score (nSPS) is 15.4. The lowest BCUT2D eigenvalue weighted by molar-refractivity contribution is -0.130. The summed E-state index contributed by atoms with van der Waals surface area (Å²) in [5, 5.41) is 4.07. The highest BCUT2D eigenvalue weighted by atomic mass is 16.7. The number of methoxy groups -OCH3 is 1. The second-order valence-corrected chi connectivity index (χ2v) is 7.04. The summed E-state index contributed by atoms with van der Waals surface area (Å²) in [6, 6.07) is 13.1. The molecule has 0 atom stereocenters. The maximum Gasteiger partial charge on any atom is 0.246 e. The number of likely N-dealkylation sites (tertiary alicyclic amines) is 1. The van der Waals surface area contributed by atoms with Crippen molar-refractivity contribution in [2.75, 3.05) is 27.0 Å². The second kappa shape index (κ2) is 7.55. The van der Waals surface area contributed by atoms with Crippen LogP contribution in [0.1, 0.15) is 17.4 Å². The maximum atomic E-state index is 12.4. The van der Waals surface area contributed by atoms with E-state index in [1.54, 1.807) is 24.2 Å². The van der Waals surface area contributed by atoms with E-state index in [-0.39, 0.29) is 18.6 Å². The number of ether oxygens (including phenoxy) is 3. The number of fused-ring (bicyclic) bond motifs is 1. The van der Waals surface area contributed by atoms with Gasteiger partial charge in [0.2, 0.25) is 24.4 Å². The van der Waals surface area contributed by atoms with Crippen LogP contribution in [0.3, 0.4) is 0 Å². The fourth-order valence-corrected chi connectivity index (χ4v) is 3.44. The lowest BCUT2D eigenvalue weighted by Gasteiger charge is -2.36. The van der Waals surface area contributed by atoms with Crippen molar-refractivity contribution in [1.82, 2.24) is 15.0 Å². The summed E-state index contributed by atoms with van der Waals surface area (Å²) < 4.78 is 21.4. The zero-order valence-corrected chi connectivity index (χ0v) is 16.3. The molecule has 0 spiro atoms. The molecule has 0 saturated carbocycles. The molecule has 2 aliphatic rings. The Balaban J connectivity index is 1.20. The van der Waals surface area contributed by atoms with E-state index < -0.39 is 0 Å². The van der Waals surface area contributed by atoms with Crippen LogP contribution in [0.15, 0.2) is 53.1 Å². The van der Waals surface area contributed by atoms with Crippen LogP contribution >= 0.6 is 0 Å².